The van der Waals surface area contributed by atoms with E-state index in [9.17, 15) is 21.6 Å². The molecular formula is C21H20N2O9S2. The first-order chi connectivity index (χ1) is 15.8. The Hall–Kier alpha value is -3.13. The normalized spacial score (nSPS) is 14.5. The van der Waals surface area contributed by atoms with Gasteiger partial charge in [0.15, 0.2) is 16.9 Å². The van der Waals surface area contributed by atoms with Crippen LogP contribution in [0.4, 0.5) is 0 Å². The summed E-state index contributed by atoms with van der Waals surface area (Å²) in [6, 6.07) is 9.26. The SMILES string of the molecule is CC(C(=O)C(C)c1nc2cccc(CS(=O)(=O)O)c2o1)c1nc2cccc(CS(=O)(=O)O)c2o1. The molecule has 0 bridgehead atoms. The molecule has 2 unspecified atom stereocenters. The van der Waals surface area contributed by atoms with Crippen LogP contribution in [-0.2, 0) is 36.5 Å². The van der Waals surface area contributed by atoms with Crippen molar-refractivity contribution in [2.75, 3.05) is 0 Å². The summed E-state index contributed by atoms with van der Waals surface area (Å²) in [6.45, 7) is 3.14. The molecule has 0 saturated heterocycles. The molecule has 2 heterocycles. The first-order valence-corrected chi connectivity index (χ1v) is 13.2. The van der Waals surface area contributed by atoms with Gasteiger partial charge in [-0.05, 0) is 26.0 Å². The van der Waals surface area contributed by atoms with Crippen LogP contribution < -0.4 is 0 Å². The summed E-state index contributed by atoms with van der Waals surface area (Å²) in [5.41, 5.74) is 1.38. The van der Waals surface area contributed by atoms with Crippen molar-refractivity contribution in [1.82, 2.24) is 9.97 Å². The van der Waals surface area contributed by atoms with Crippen LogP contribution in [0.5, 0.6) is 0 Å². The summed E-state index contributed by atoms with van der Waals surface area (Å²) in [5, 5.41) is 0. The maximum Gasteiger partial charge on any atom is 0.269 e. The van der Waals surface area contributed by atoms with Crippen molar-refractivity contribution in [3.8, 4) is 0 Å². The number of fused-ring (bicyclic) bond motifs is 2. The van der Waals surface area contributed by atoms with Crippen molar-refractivity contribution in [2.45, 2.75) is 37.2 Å². The van der Waals surface area contributed by atoms with Gasteiger partial charge in [-0.25, -0.2) is 9.97 Å². The van der Waals surface area contributed by atoms with E-state index in [2.05, 4.69) is 9.97 Å². The Kier molecular flexibility index (Phi) is 6.06. The Bertz CT molecular complexity index is 1500. The fraction of sp³-hybridized carbons (Fsp3) is 0.286. The molecule has 2 aromatic carbocycles. The van der Waals surface area contributed by atoms with Crippen LogP contribution >= 0.6 is 0 Å². The molecule has 11 nitrogen and oxygen atoms in total. The molecule has 13 heteroatoms. The summed E-state index contributed by atoms with van der Waals surface area (Å²) in [7, 11) is -8.60. The van der Waals surface area contributed by atoms with Gasteiger partial charge in [-0.3, -0.25) is 13.9 Å². The van der Waals surface area contributed by atoms with Crippen molar-refractivity contribution in [1.29, 1.82) is 0 Å². The molecule has 0 fully saturated rings. The first kappa shape index (κ1) is 24.0. The molecule has 0 spiro atoms. The zero-order valence-corrected chi connectivity index (χ0v) is 19.6. The van der Waals surface area contributed by atoms with Crippen molar-refractivity contribution >= 4 is 48.2 Å². The lowest BCUT2D eigenvalue weighted by Gasteiger charge is -2.10. The number of Topliss-reactive ketones (excluding diaryl/α,β-unsaturated/α-hetero) is 1. The molecule has 0 amide bonds. The summed E-state index contributed by atoms with van der Waals surface area (Å²) >= 11 is 0. The zero-order valence-electron chi connectivity index (χ0n) is 18.0. The molecule has 34 heavy (non-hydrogen) atoms. The smallest absolute Gasteiger partial charge is 0.269 e. The third-order valence-electron chi connectivity index (χ3n) is 5.30. The van der Waals surface area contributed by atoms with E-state index < -0.39 is 43.6 Å². The number of hydrogen-bond acceptors (Lipinski definition) is 9. The van der Waals surface area contributed by atoms with Gasteiger partial charge >= 0.3 is 0 Å². The van der Waals surface area contributed by atoms with Crippen molar-refractivity contribution in [3.05, 3.63) is 59.3 Å². The maximum absolute atomic E-state index is 13.2. The number of nitrogens with zero attached hydrogens (tertiary/aromatic N) is 2. The summed E-state index contributed by atoms with van der Waals surface area (Å²) in [6.07, 6.45) is 0. The number of carbonyl (C=O) groups excluding carboxylic acids is 1. The number of benzene rings is 2. The molecule has 4 aromatic rings. The lowest BCUT2D eigenvalue weighted by molar-refractivity contribution is -0.122. The van der Waals surface area contributed by atoms with Gasteiger partial charge in [-0.2, -0.15) is 16.8 Å². The second-order valence-corrected chi connectivity index (χ2v) is 10.8. The van der Waals surface area contributed by atoms with Gasteiger partial charge in [0, 0.05) is 11.1 Å². The number of hydrogen-bond donors (Lipinski definition) is 2. The molecule has 0 saturated carbocycles. The van der Waals surface area contributed by atoms with E-state index in [4.69, 9.17) is 17.9 Å². The van der Waals surface area contributed by atoms with Crippen molar-refractivity contribution < 1.29 is 39.6 Å². The zero-order chi connectivity index (χ0) is 24.8. The van der Waals surface area contributed by atoms with E-state index in [0.717, 1.165) is 0 Å². The number of para-hydroxylation sites is 2. The minimum atomic E-state index is -4.30. The highest BCUT2D eigenvalue weighted by molar-refractivity contribution is 7.85. The van der Waals surface area contributed by atoms with E-state index in [1.54, 1.807) is 38.1 Å². The van der Waals surface area contributed by atoms with Crippen LogP contribution in [0.3, 0.4) is 0 Å². The van der Waals surface area contributed by atoms with Crippen LogP contribution in [0.15, 0.2) is 45.2 Å². The quantitative estimate of drug-likeness (QED) is 0.334. The third kappa shape index (κ3) is 5.01. The second kappa shape index (κ2) is 8.58. The molecule has 0 aliphatic rings. The van der Waals surface area contributed by atoms with Gasteiger partial charge in [0.2, 0.25) is 11.8 Å². The average Bonchev–Trinajstić information content (AvgIpc) is 3.35. The van der Waals surface area contributed by atoms with Crippen LogP contribution in [-0.4, -0.2) is 41.7 Å². The fourth-order valence-corrected chi connectivity index (χ4v) is 4.90. The highest BCUT2D eigenvalue weighted by Crippen LogP contribution is 2.31. The van der Waals surface area contributed by atoms with Gasteiger partial charge in [0.25, 0.3) is 20.2 Å². The van der Waals surface area contributed by atoms with Crippen molar-refractivity contribution in [2.24, 2.45) is 0 Å². The minimum absolute atomic E-state index is 0.0535. The van der Waals surface area contributed by atoms with E-state index in [1.165, 1.54) is 12.1 Å². The molecule has 2 N–H and O–H groups in total. The first-order valence-electron chi connectivity index (χ1n) is 10.0. The summed E-state index contributed by atoms with van der Waals surface area (Å²) in [4.78, 5) is 21.7. The molecule has 0 aliphatic carbocycles. The number of rotatable bonds is 8. The minimum Gasteiger partial charge on any atom is -0.440 e. The Morgan fingerprint density at radius 2 is 1.18 bits per heavy atom. The summed E-state index contributed by atoms with van der Waals surface area (Å²) in [5.74, 6) is -3.28. The lowest BCUT2D eigenvalue weighted by Crippen LogP contribution is -2.17. The maximum atomic E-state index is 13.2. The average molecular weight is 509 g/mol. The van der Waals surface area contributed by atoms with Gasteiger partial charge in [-0.15, -0.1) is 0 Å². The largest absolute Gasteiger partial charge is 0.440 e. The molecule has 180 valence electrons. The highest BCUT2D eigenvalue weighted by atomic mass is 32.2. The van der Waals surface area contributed by atoms with Gasteiger partial charge in [0.1, 0.15) is 22.5 Å². The van der Waals surface area contributed by atoms with Crippen molar-refractivity contribution in [3.63, 3.8) is 0 Å². The van der Waals surface area contributed by atoms with Gasteiger partial charge < -0.3 is 8.83 Å². The Balaban J connectivity index is 1.64. The summed E-state index contributed by atoms with van der Waals surface area (Å²) < 4.78 is 74.9. The number of aromatic nitrogens is 2. The topological polar surface area (TPSA) is 178 Å². The van der Waals surface area contributed by atoms with Gasteiger partial charge in [-0.1, -0.05) is 24.3 Å². The fourth-order valence-electron chi connectivity index (χ4n) is 3.66. The predicted octanol–water partition coefficient (Wildman–Crippen LogP) is 3.22. The molecule has 2 atom stereocenters. The van der Waals surface area contributed by atoms with E-state index in [0.29, 0.717) is 11.0 Å². The number of ketones is 1. The highest BCUT2D eigenvalue weighted by Gasteiger charge is 2.30. The van der Waals surface area contributed by atoms with Gasteiger partial charge in [0.05, 0.1) is 11.8 Å². The van der Waals surface area contributed by atoms with Crippen LogP contribution in [0.1, 0.15) is 48.6 Å². The van der Waals surface area contributed by atoms with Crippen LogP contribution in [0.25, 0.3) is 22.2 Å². The van der Waals surface area contributed by atoms with E-state index in [1.807, 2.05) is 0 Å². The predicted molar refractivity (Wildman–Crippen MR) is 120 cm³/mol. The molecule has 0 aliphatic heterocycles. The molecule has 2 aromatic heterocycles. The number of oxazole rings is 2. The van der Waals surface area contributed by atoms with E-state index in [-0.39, 0.29) is 39.9 Å². The molecule has 4 rings (SSSR count). The van der Waals surface area contributed by atoms with Crippen LogP contribution in [0, 0.1) is 0 Å². The second-order valence-electron chi connectivity index (χ2n) is 7.93. The third-order valence-corrected chi connectivity index (χ3v) is 6.65. The lowest BCUT2D eigenvalue weighted by atomic mass is 9.95. The Morgan fingerprint density at radius 1 is 0.794 bits per heavy atom. The monoisotopic (exact) mass is 508 g/mol. The Morgan fingerprint density at radius 3 is 1.53 bits per heavy atom. The molecule has 0 radical (unpaired) electrons. The molecular weight excluding hydrogens is 488 g/mol. The Labute approximate surface area is 194 Å². The van der Waals surface area contributed by atoms with Crippen LogP contribution in [0.2, 0.25) is 0 Å². The van der Waals surface area contributed by atoms with E-state index >= 15 is 0 Å². The number of carbonyl (C=O) groups is 1. The standard InChI is InChI=1S/C21H20N2O9S2/c1-11(20-22-15-7-3-5-13(18(15)31-20)9-33(25,26)27)17(24)12(2)21-23-16-8-4-6-14(19(16)32-21)10-34(28,29)30/h3-8,11-12H,9-10H2,1-2H3,(H,25,26,27)(H,28,29,30).